The monoisotopic (exact) mass is 488 g/mol. The molecule has 0 unspecified atom stereocenters. The maximum Gasteiger partial charge on any atom is 0.245 e. The molecule has 2 aromatic carbocycles. The lowest BCUT2D eigenvalue weighted by atomic mass is 10.2. The third kappa shape index (κ3) is 4.71. The van der Waals surface area contributed by atoms with E-state index in [1.54, 1.807) is 36.4 Å². The standard InChI is InChI=1S/C18H18BrClN2O5S/c1-2-28(24,25)22(13-4-6-16-17(10-13)27-8-7-26-16)11-18(23)21-12-3-5-14(19)15(20)9-12/h3-6,9-10H,2,7-8,11H2,1H3,(H,21,23). The molecule has 1 amide bonds. The van der Waals surface area contributed by atoms with E-state index in [0.29, 0.717) is 45.6 Å². The van der Waals surface area contributed by atoms with Gasteiger partial charge in [-0.25, -0.2) is 8.42 Å². The molecule has 150 valence electrons. The van der Waals surface area contributed by atoms with Gasteiger partial charge in [0, 0.05) is 16.2 Å². The molecule has 0 aliphatic carbocycles. The third-order valence-corrected chi connectivity index (χ3v) is 6.98. The molecule has 3 rings (SSSR count). The summed E-state index contributed by atoms with van der Waals surface area (Å²) in [5, 5.41) is 3.10. The number of anilines is 2. The van der Waals surface area contributed by atoms with E-state index >= 15 is 0 Å². The van der Waals surface area contributed by atoms with E-state index in [4.69, 9.17) is 21.1 Å². The Balaban J connectivity index is 1.84. The van der Waals surface area contributed by atoms with E-state index in [9.17, 15) is 13.2 Å². The molecule has 28 heavy (non-hydrogen) atoms. The smallest absolute Gasteiger partial charge is 0.245 e. The first kappa shape index (κ1) is 20.8. The highest BCUT2D eigenvalue weighted by Crippen LogP contribution is 2.35. The van der Waals surface area contributed by atoms with Crippen LogP contribution in [-0.2, 0) is 14.8 Å². The Kier molecular flexibility index (Phi) is 6.36. The molecule has 0 fully saturated rings. The molecule has 2 aromatic rings. The highest BCUT2D eigenvalue weighted by Gasteiger charge is 2.25. The van der Waals surface area contributed by atoms with Crippen molar-refractivity contribution in [2.24, 2.45) is 0 Å². The van der Waals surface area contributed by atoms with Crippen molar-refractivity contribution in [3.63, 3.8) is 0 Å². The van der Waals surface area contributed by atoms with Crippen LogP contribution in [0.4, 0.5) is 11.4 Å². The Hall–Kier alpha value is -1.97. The third-order valence-electron chi connectivity index (χ3n) is 4.00. The molecule has 1 aliphatic heterocycles. The lowest BCUT2D eigenvalue weighted by molar-refractivity contribution is -0.114. The van der Waals surface area contributed by atoms with E-state index in [1.807, 2.05) is 0 Å². The summed E-state index contributed by atoms with van der Waals surface area (Å²) in [6.07, 6.45) is 0. The fourth-order valence-electron chi connectivity index (χ4n) is 2.60. The van der Waals surface area contributed by atoms with Crippen LogP contribution in [-0.4, -0.2) is 39.8 Å². The molecule has 0 atom stereocenters. The van der Waals surface area contributed by atoms with Crippen molar-refractivity contribution in [1.82, 2.24) is 0 Å². The first-order valence-corrected chi connectivity index (χ1v) is 11.2. The molecule has 0 radical (unpaired) electrons. The van der Waals surface area contributed by atoms with Gasteiger partial charge in [-0.15, -0.1) is 0 Å². The van der Waals surface area contributed by atoms with Gasteiger partial charge in [0.15, 0.2) is 11.5 Å². The van der Waals surface area contributed by atoms with E-state index in [1.165, 1.54) is 6.92 Å². The fraction of sp³-hybridized carbons (Fsp3) is 0.278. The Labute approximate surface area is 176 Å². The molecule has 1 N–H and O–H groups in total. The molecular weight excluding hydrogens is 472 g/mol. The molecule has 0 bridgehead atoms. The van der Waals surface area contributed by atoms with E-state index in [-0.39, 0.29) is 12.3 Å². The Morgan fingerprint density at radius 2 is 1.89 bits per heavy atom. The van der Waals surface area contributed by atoms with Crippen molar-refractivity contribution in [1.29, 1.82) is 0 Å². The summed E-state index contributed by atoms with van der Waals surface area (Å²) in [6, 6.07) is 9.71. The number of rotatable bonds is 6. The predicted molar refractivity (Wildman–Crippen MR) is 112 cm³/mol. The minimum Gasteiger partial charge on any atom is -0.486 e. The topological polar surface area (TPSA) is 84.9 Å². The average molecular weight is 490 g/mol. The van der Waals surface area contributed by atoms with Crippen LogP contribution in [0.3, 0.4) is 0 Å². The Morgan fingerprint density at radius 1 is 1.18 bits per heavy atom. The van der Waals surface area contributed by atoms with Gasteiger partial charge in [-0.05, 0) is 53.2 Å². The largest absolute Gasteiger partial charge is 0.486 e. The SMILES string of the molecule is CCS(=O)(=O)N(CC(=O)Nc1ccc(Br)c(Cl)c1)c1ccc2c(c1)OCCO2. The Morgan fingerprint density at radius 3 is 2.57 bits per heavy atom. The molecular formula is C18H18BrClN2O5S. The van der Waals surface area contributed by atoms with Crippen molar-refractivity contribution in [2.45, 2.75) is 6.92 Å². The number of benzene rings is 2. The summed E-state index contributed by atoms with van der Waals surface area (Å²) in [5.74, 6) is 0.335. The molecule has 0 spiro atoms. The average Bonchev–Trinajstić information content (AvgIpc) is 2.68. The summed E-state index contributed by atoms with van der Waals surface area (Å²) in [5.41, 5.74) is 0.796. The van der Waals surface area contributed by atoms with Crippen molar-refractivity contribution < 1.29 is 22.7 Å². The van der Waals surface area contributed by atoms with Gasteiger partial charge in [-0.1, -0.05) is 11.6 Å². The van der Waals surface area contributed by atoms with E-state index in [2.05, 4.69) is 21.2 Å². The number of fused-ring (bicyclic) bond motifs is 1. The number of sulfonamides is 1. The molecule has 7 nitrogen and oxygen atoms in total. The van der Waals surface area contributed by atoms with Gasteiger partial charge in [0.05, 0.1) is 16.5 Å². The number of ether oxygens (including phenoxy) is 2. The first-order chi connectivity index (χ1) is 13.3. The van der Waals surface area contributed by atoms with Crippen LogP contribution >= 0.6 is 27.5 Å². The number of carbonyl (C=O) groups excluding carboxylic acids is 1. The zero-order chi connectivity index (χ0) is 20.3. The number of nitrogens with one attached hydrogen (secondary N) is 1. The molecule has 0 aromatic heterocycles. The van der Waals surface area contributed by atoms with Crippen molar-refractivity contribution in [3.05, 3.63) is 45.9 Å². The van der Waals surface area contributed by atoms with Crippen LogP contribution in [0.15, 0.2) is 40.9 Å². The lowest BCUT2D eigenvalue weighted by Gasteiger charge is -2.25. The fourth-order valence-corrected chi connectivity index (χ4v) is 4.09. The van der Waals surface area contributed by atoms with E-state index < -0.39 is 15.9 Å². The molecule has 1 aliphatic rings. The number of carbonyl (C=O) groups is 1. The second-order valence-corrected chi connectivity index (χ2v) is 9.36. The normalized spacial score (nSPS) is 13.1. The van der Waals surface area contributed by atoms with E-state index in [0.717, 1.165) is 4.31 Å². The molecule has 0 saturated heterocycles. The van der Waals surface area contributed by atoms with Gasteiger partial charge in [-0.2, -0.15) is 0 Å². The van der Waals surface area contributed by atoms with Crippen molar-refractivity contribution in [2.75, 3.05) is 35.1 Å². The summed E-state index contributed by atoms with van der Waals surface area (Å²) >= 11 is 9.31. The summed E-state index contributed by atoms with van der Waals surface area (Å²) < 4.78 is 37.9. The van der Waals surface area contributed by atoms with Gasteiger partial charge in [0.2, 0.25) is 15.9 Å². The highest BCUT2D eigenvalue weighted by atomic mass is 79.9. The number of nitrogens with zero attached hydrogens (tertiary/aromatic N) is 1. The second kappa shape index (κ2) is 8.59. The number of amides is 1. The van der Waals surface area contributed by atoms with Crippen LogP contribution in [0.5, 0.6) is 11.5 Å². The minimum absolute atomic E-state index is 0.154. The van der Waals surface area contributed by atoms with Crippen molar-refractivity contribution >= 4 is 54.8 Å². The maximum atomic E-state index is 12.6. The highest BCUT2D eigenvalue weighted by molar-refractivity contribution is 9.10. The van der Waals surface area contributed by atoms with Crippen molar-refractivity contribution in [3.8, 4) is 11.5 Å². The second-order valence-electron chi connectivity index (χ2n) is 5.91. The summed E-state index contributed by atoms with van der Waals surface area (Å²) in [4.78, 5) is 12.5. The van der Waals surface area contributed by atoms with Gasteiger partial charge in [0.25, 0.3) is 0 Å². The van der Waals surface area contributed by atoms with Gasteiger partial charge >= 0.3 is 0 Å². The number of hydrogen-bond acceptors (Lipinski definition) is 5. The van der Waals surface area contributed by atoms with Crippen LogP contribution in [0, 0.1) is 0 Å². The van der Waals surface area contributed by atoms with Gasteiger partial charge in [-0.3, -0.25) is 9.10 Å². The minimum atomic E-state index is -3.70. The molecule has 10 heteroatoms. The first-order valence-electron chi connectivity index (χ1n) is 8.45. The maximum absolute atomic E-state index is 12.6. The zero-order valence-electron chi connectivity index (χ0n) is 14.9. The predicted octanol–water partition coefficient (Wildman–Crippen LogP) is 3.67. The van der Waals surface area contributed by atoms with Crippen LogP contribution in [0.25, 0.3) is 0 Å². The van der Waals surface area contributed by atoms with Gasteiger partial charge in [0.1, 0.15) is 19.8 Å². The summed E-state index contributed by atoms with van der Waals surface area (Å²) in [6.45, 7) is 1.94. The lowest BCUT2D eigenvalue weighted by Crippen LogP contribution is -2.39. The number of halogens is 2. The van der Waals surface area contributed by atoms with Crippen LogP contribution in [0.2, 0.25) is 5.02 Å². The number of hydrogen-bond donors (Lipinski definition) is 1. The molecule has 0 saturated carbocycles. The Bertz CT molecular complexity index is 999. The molecule has 1 heterocycles. The van der Waals surface area contributed by atoms with Crippen LogP contribution in [0.1, 0.15) is 6.92 Å². The van der Waals surface area contributed by atoms with Gasteiger partial charge < -0.3 is 14.8 Å². The van der Waals surface area contributed by atoms with Crippen LogP contribution < -0.4 is 19.1 Å². The zero-order valence-corrected chi connectivity index (χ0v) is 18.1. The quantitative estimate of drug-likeness (QED) is 0.669. The summed E-state index contributed by atoms with van der Waals surface area (Å²) in [7, 11) is -3.70.